The van der Waals surface area contributed by atoms with Gasteiger partial charge in [-0.25, -0.2) is 13.4 Å². The summed E-state index contributed by atoms with van der Waals surface area (Å²) in [5, 5.41) is 22.1. The van der Waals surface area contributed by atoms with Gasteiger partial charge in [0.2, 0.25) is 15.9 Å². The van der Waals surface area contributed by atoms with Crippen molar-refractivity contribution in [1.29, 1.82) is 0 Å². The van der Waals surface area contributed by atoms with E-state index in [0.717, 1.165) is 18.4 Å². The van der Waals surface area contributed by atoms with Gasteiger partial charge in [0.25, 0.3) is 0 Å². The number of sulfonamides is 1. The molecule has 1 saturated heterocycles. The molecule has 4 N–H and O–H groups in total. The molecule has 12 heteroatoms. The van der Waals surface area contributed by atoms with Crippen molar-refractivity contribution in [1.82, 2.24) is 15.0 Å². The van der Waals surface area contributed by atoms with Crippen molar-refractivity contribution in [2.45, 2.75) is 42.6 Å². The Balaban J connectivity index is 1.50. The van der Waals surface area contributed by atoms with Crippen LogP contribution in [0.25, 0.3) is 0 Å². The van der Waals surface area contributed by atoms with E-state index in [-0.39, 0.29) is 11.3 Å². The van der Waals surface area contributed by atoms with Crippen LogP contribution in [0.3, 0.4) is 0 Å². The van der Waals surface area contributed by atoms with E-state index in [9.17, 15) is 23.3 Å². The van der Waals surface area contributed by atoms with Gasteiger partial charge in [0.05, 0.1) is 19.2 Å². The standard InChI is InChI=1S/C23H31BN4O6S/c29-23(26-21(24(30)31)15-18-6-7-18)20(14-17-4-2-1-3-5-17)27-35(32,33)19-8-9-22(25-16-19)28-10-12-34-13-11-28/h1-5,8-9,16,18,20-21,27,30-31H,6-7,10-15H2,(H,26,29)/t20?,21-/m0/s1. The van der Waals surface area contributed by atoms with Gasteiger partial charge in [-0.1, -0.05) is 43.2 Å². The number of nitrogens with zero attached hydrogens (tertiary/aromatic N) is 2. The zero-order valence-electron chi connectivity index (χ0n) is 19.4. The van der Waals surface area contributed by atoms with E-state index in [1.54, 1.807) is 30.3 Å². The molecular formula is C23H31BN4O6S. The van der Waals surface area contributed by atoms with Crippen LogP contribution in [0.2, 0.25) is 0 Å². The first kappa shape index (κ1) is 25.6. The highest BCUT2D eigenvalue weighted by Crippen LogP contribution is 2.33. The Morgan fingerprint density at radius 1 is 1.14 bits per heavy atom. The Kier molecular flexibility index (Phi) is 8.40. The van der Waals surface area contributed by atoms with Gasteiger partial charge in [-0.05, 0) is 36.5 Å². The van der Waals surface area contributed by atoms with Crippen LogP contribution in [0.5, 0.6) is 0 Å². The molecule has 188 valence electrons. The average molecular weight is 502 g/mol. The molecule has 0 bridgehead atoms. The highest BCUT2D eigenvalue weighted by atomic mass is 32.2. The van der Waals surface area contributed by atoms with Crippen molar-refractivity contribution in [2.24, 2.45) is 5.92 Å². The van der Waals surface area contributed by atoms with Crippen molar-refractivity contribution in [2.75, 3.05) is 31.2 Å². The summed E-state index contributed by atoms with van der Waals surface area (Å²) < 4.78 is 34.2. The monoisotopic (exact) mass is 502 g/mol. The fourth-order valence-corrected chi connectivity index (χ4v) is 5.19. The molecule has 10 nitrogen and oxygen atoms in total. The van der Waals surface area contributed by atoms with Gasteiger partial charge < -0.3 is 25.0 Å². The number of rotatable bonds is 11. The average Bonchev–Trinajstić information content (AvgIpc) is 3.68. The summed E-state index contributed by atoms with van der Waals surface area (Å²) in [6, 6.07) is 11.0. The summed E-state index contributed by atoms with van der Waals surface area (Å²) in [7, 11) is -5.81. The first-order valence-electron chi connectivity index (χ1n) is 11.8. The van der Waals surface area contributed by atoms with Crippen LogP contribution in [-0.2, 0) is 26.0 Å². The minimum Gasteiger partial charge on any atom is -0.426 e. The number of carbonyl (C=O) groups excluding carboxylic acids is 1. The molecule has 0 spiro atoms. The van der Waals surface area contributed by atoms with Gasteiger partial charge >= 0.3 is 7.12 Å². The lowest BCUT2D eigenvalue weighted by Gasteiger charge is -2.27. The molecule has 1 aliphatic heterocycles. The Morgan fingerprint density at radius 2 is 1.86 bits per heavy atom. The molecule has 0 radical (unpaired) electrons. The number of anilines is 1. The van der Waals surface area contributed by atoms with E-state index in [4.69, 9.17) is 4.74 Å². The number of nitrogens with one attached hydrogen (secondary N) is 2. The minimum absolute atomic E-state index is 0.0582. The van der Waals surface area contributed by atoms with Gasteiger partial charge in [-0.3, -0.25) is 4.79 Å². The van der Waals surface area contributed by atoms with E-state index in [1.807, 2.05) is 11.0 Å². The van der Waals surface area contributed by atoms with Crippen LogP contribution in [-0.4, -0.2) is 74.8 Å². The quantitative estimate of drug-likeness (QED) is 0.317. The molecule has 2 aliphatic rings. The SMILES string of the molecule is O=C(N[C@@H](CC1CC1)B(O)O)C(Cc1ccccc1)NS(=O)(=O)c1ccc(N2CCOCC2)nc1. The molecular weight excluding hydrogens is 471 g/mol. The lowest BCUT2D eigenvalue weighted by atomic mass is 9.76. The second kappa shape index (κ2) is 11.5. The molecule has 1 aromatic carbocycles. The lowest BCUT2D eigenvalue weighted by molar-refractivity contribution is -0.123. The highest BCUT2D eigenvalue weighted by molar-refractivity contribution is 7.89. The maximum absolute atomic E-state index is 13.2. The summed E-state index contributed by atoms with van der Waals surface area (Å²) in [6.07, 6.45) is 3.77. The van der Waals surface area contributed by atoms with Crippen LogP contribution < -0.4 is 14.9 Å². The lowest BCUT2D eigenvalue weighted by Crippen LogP contribution is -2.54. The first-order chi connectivity index (χ1) is 16.8. The van der Waals surface area contributed by atoms with Crippen molar-refractivity contribution < 1.29 is 28.0 Å². The number of amides is 1. The predicted molar refractivity (Wildman–Crippen MR) is 131 cm³/mol. The molecule has 1 saturated carbocycles. The van der Waals surface area contributed by atoms with E-state index in [2.05, 4.69) is 15.0 Å². The Morgan fingerprint density at radius 3 is 2.46 bits per heavy atom. The number of aromatic nitrogens is 1. The number of benzene rings is 1. The smallest absolute Gasteiger partial charge is 0.426 e. The zero-order valence-corrected chi connectivity index (χ0v) is 20.2. The summed E-state index contributed by atoms with van der Waals surface area (Å²) in [4.78, 5) is 19.4. The topological polar surface area (TPSA) is 141 Å². The van der Waals surface area contributed by atoms with Crippen LogP contribution in [0, 0.1) is 5.92 Å². The van der Waals surface area contributed by atoms with E-state index >= 15 is 0 Å². The van der Waals surface area contributed by atoms with Gasteiger partial charge in [0, 0.05) is 19.3 Å². The second-order valence-corrected chi connectivity index (χ2v) is 10.7. The van der Waals surface area contributed by atoms with Gasteiger partial charge in [0.15, 0.2) is 0 Å². The summed E-state index contributed by atoms with van der Waals surface area (Å²) in [5.41, 5.74) is 0.763. The third kappa shape index (κ3) is 7.25. The summed E-state index contributed by atoms with van der Waals surface area (Å²) >= 11 is 0. The maximum Gasteiger partial charge on any atom is 0.475 e. The fraction of sp³-hybridized carbons (Fsp3) is 0.478. The zero-order chi connectivity index (χ0) is 24.8. The van der Waals surface area contributed by atoms with E-state index in [1.165, 1.54) is 12.3 Å². The Labute approximate surface area is 205 Å². The van der Waals surface area contributed by atoms with Crippen LogP contribution >= 0.6 is 0 Å². The molecule has 2 atom stereocenters. The molecule has 1 amide bonds. The van der Waals surface area contributed by atoms with Crippen LogP contribution in [0.1, 0.15) is 24.8 Å². The fourth-order valence-electron chi connectivity index (χ4n) is 4.06. The predicted octanol–water partition coefficient (Wildman–Crippen LogP) is 0.105. The van der Waals surface area contributed by atoms with Gasteiger partial charge in [-0.2, -0.15) is 4.72 Å². The number of hydrogen-bond donors (Lipinski definition) is 4. The normalized spacial score (nSPS) is 18.1. The molecule has 1 unspecified atom stereocenters. The van der Waals surface area contributed by atoms with Crippen molar-refractivity contribution in [3.05, 3.63) is 54.2 Å². The van der Waals surface area contributed by atoms with Crippen LogP contribution in [0.15, 0.2) is 53.6 Å². The molecule has 35 heavy (non-hydrogen) atoms. The number of pyridine rings is 1. The third-order valence-electron chi connectivity index (χ3n) is 6.23. The summed E-state index contributed by atoms with van der Waals surface area (Å²) in [6.45, 7) is 2.53. The molecule has 1 aliphatic carbocycles. The van der Waals surface area contributed by atoms with Crippen molar-refractivity contribution in [3.63, 3.8) is 0 Å². The van der Waals surface area contributed by atoms with Crippen molar-refractivity contribution >= 4 is 28.9 Å². The van der Waals surface area contributed by atoms with Gasteiger partial charge in [-0.15, -0.1) is 0 Å². The maximum atomic E-state index is 13.2. The molecule has 1 aromatic heterocycles. The molecule has 4 rings (SSSR count). The van der Waals surface area contributed by atoms with Crippen LogP contribution in [0.4, 0.5) is 5.82 Å². The number of hydrogen-bond acceptors (Lipinski definition) is 8. The number of ether oxygens (including phenoxy) is 1. The number of carbonyl (C=O) groups is 1. The van der Waals surface area contributed by atoms with E-state index in [0.29, 0.717) is 44.5 Å². The van der Waals surface area contributed by atoms with Gasteiger partial charge in [0.1, 0.15) is 16.8 Å². The molecule has 2 aromatic rings. The third-order valence-corrected chi connectivity index (χ3v) is 7.69. The van der Waals surface area contributed by atoms with Crippen molar-refractivity contribution in [3.8, 4) is 0 Å². The Bertz CT molecular complexity index is 1080. The second-order valence-electron chi connectivity index (χ2n) is 9.02. The minimum atomic E-state index is -4.08. The number of morpholine rings is 1. The van der Waals surface area contributed by atoms with E-state index < -0.39 is 35.0 Å². The summed E-state index contributed by atoms with van der Waals surface area (Å²) in [5.74, 6) is -0.491. The highest BCUT2D eigenvalue weighted by Gasteiger charge is 2.35. The Hall–Kier alpha value is -2.51. The molecule has 2 fully saturated rings. The molecule has 2 heterocycles. The first-order valence-corrected chi connectivity index (χ1v) is 13.3. The largest absolute Gasteiger partial charge is 0.475 e.